The molecular formula is C12H18F2N2O2. The molecule has 0 aromatic carbocycles. The molecule has 0 aromatic rings. The molecule has 102 valence electrons. The molecular weight excluding hydrogens is 242 g/mol. The van der Waals surface area contributed by atoms with Crippen molar-refractivity contribution in [1.82, 2.24) is 10.6 Å². The minimum atomic E-state index is -2.68. The smallest absolute Gasteiger partial charge is 0.249 e. The first-order valence-corrected chi connectivity index (χ1v) is 6.19. The molecule has 2 N–H and O–H groups in total. The van der Waals surface area contributed by atoms with Gasteiger partial charge in [0.15, 0.2) is 0 Å². The van der Waals surface area contributed by atoms with Crippen molar-refractivity contribution in [2.75, 3.05) is 0 Å². The second kappa shape index (κ2) is 4.17. The Hall–Kier alpha value is -1.20. The van der Waals surface area contributed by atoms with Crippen molar-refractivity contribution in [3.05, 3.63) is 0 Å². The number of piperidine rings is 1. The van der Waals surface area contributed by atoms with Crippen LogP contribution < -0.4 is 10.6 Å². The number of halogens is 2. The van der Waals surface area contributed by atoms with Gasteiger partial charge in [0.1, 0.15) is 0 Å². The van der Waals surface area contributed by atoms with E-state index in [0.29, 0.717) is 12.8 Å². The van der Waals surface area contributed by atoms with Gasteiger partial charge in [-0.25, -0.2) is 8.78 Å². The van der Waals surface area contributed by atoms with Gasteiger partial charge in [-0.1, -0.05) is 0 Å². The third-order valence-corrected chi connectivity index (χ3v) is 3.77. The van der Waals surface area contributed by atoms with Gasteiger partial charge in [-0.2, -0.15) is 0 Å². The van der Waals surface area contributed by atoms with Crippen molar-refractivity contribution in [3.8, 4) is 0 Å². The van der Waals surface area contributed by atoms with Crippen LogP contribution in [0.2, 0.25) is 0 Å². The van der Waals surface area contributed by atoms with E-state index in [4.69, 9.17) is 0 Å². The Balaban J connectivity index is 1.90. The molecule has 1 atom stereocenters. The Labute approximate surface area is 104 Å². The molecule has 2 fully saturated rings. The molecule has 4 nitrogen and oxygen atoms in total. The standard InChI is InChI=1S/C12H18F2N2O2/c1-11(2)8(3-4-9(17)16-11)15-10(18)7-5-12(13,14)6-7/h7-8H,3-6H2,1-2H3,(H,15,18)(H,16,17). The van der Waals surface area contributed by atoms with E-state index < -0.39 is 17.4 Å². The Bertz CT molecular complexity index is 374. The van der Waals surface area contributed by atoms with Crippen LogP contribution in [0.4, 0.5) is 8.78 Å². The van der Waals surface area contributed by atoms with Crippen LogP contribution in [0.3, 0.4) is 0 Å². The van der Waals surface area contributed by atoms with Crippen molar-refractivity contribution in [3.63, 3.8) is 0 Å². The molecule has 0 bridgehead atoms. The second-order valence-electron chi connectivity index (χ2n) is 5.83. The van der Waals surface area contributed by atoms with Gasteiger partial charge in [0.05, 0.1) is 11.6 Å². The molecule has 1 heterocycles. The zero-order valence-electron chi connectivity index (χ0n) is 10.6. The minimum Gasteiger partial charge on any atom is -0.351 e. The lowest BCUT2D eigenvalue weighted by molar-refractivity contribution is -0.151. The fourth-order valence-corrected chi connectivity index (χ4v) is 2.53. The normalized spacial score (nSPS) is 30.2. The van der Waals surface area contributed by atoms with Crippen molar-refractivity contribution in [2.24, 2.45) is 5.92 Å². The van der Waals surface area contributed by atoms with E-state index >= 15 is 0 Å². The second-order valence-corrected chi connectivity index (χ2v) is 5.83. The highest BCUT2D eigenvalue weighted by Gasteiger charge is 2.49. The van der Waals surface area contributed by atoms with Crippen LogP contribution in [0, 0.1) is 5.92 Å². The molecule has 0 spiro atoms. The summed E-state index contributed by atoms with van der Waals surface area (Å²) in [5.74, 6) is -3.64. The summed E-state index contributed by atoms with van der Waals surface area (Å²) < 4.78 is 25.4. The van der Waals surface area contributed by atoms with E-state index in [9.17, 15) is 18.4 Å². The summed E-state index contributed by atoms with van der Waals surface area (Å²) in [6.45, 7) is 3.65. The summed E-state index contributed by atoms with van der Waals surface area (Å²) in [7, 11) is 0. The minimum absolute atomic E-state index is 0.0410. The molecule has 1 unspecified atom stereocenters. The summed E-state index contributed by atoms with van der Waals surface area (Å²) in [5.41, 5.74) is -0.530. The quantitative estimate of drug-likeness (QED) is 0.784. The predicted octanol–water partition coefficient (Wildman–Crippen LogP) is 1.21. The molecule has 2 aliphatic rings. The SMILES string of the molecule is CC1(C)NC(=O)CCC1NC(=O)C1CC(F)(F)C1. The molecule has 1 saturated heterocycles. The van der Waals surface area contributed by atoms with Gasteiger partial charge in [-0.05, 0) is 20.3 Å². The highest BCUT2D eigenvalue weighted by Crippen LogP contribution is 2.42. The summed E-state index contributed by atoms with van der Waals surface area (Å²) >= 11 is 0. The van der Waals surface area contributed by atoms with E-state index in [0.717, 1.165) is 0 Å². The average Bonchev–Trinajstić information content (AvgIpc) is 2.17. The van der Waals surface area contributed by atoms with Gasteiger partial charge in [-0.15, -0.1) is 0 Å². The van der Waals surface area contributed by atoms with E-state index in [1.165, 1.54) is 0 Å². The number of hydrogen-bond acceptors (Lipinski definition) is 2. The maximum absolute atomic E-state index is 12.7. The molecule has 18 heavy (non-hydrogen) atoms. The van der Waals surface area contributed by atoms with Crippen LogP contribution in [-0.4, -0.2) is 29.3 Å². The highest BCUT2D eigenvalue weighted by atomic mass is 19.3. The number of alkyl halides is 2. The topological polar surface area (TPSA) is 58.2 Å². The van der Waals surface area contributed by atoms with Crippen LogP contribution >= 0.6 is 0 Å². The molecule has 1 aliphatic carbocycles. The van der Waals surface area contributed by atoms with Crippen LogP contribution in [0.5, 0.6) is 0 Å². The van der Waals surface area contributed by atoms with E-state index in [-0.39, 0.29) is 30.7 Å². The maximum atomic E-state index is 12.7. The first-order chi connectivity index (χ1) is 8.20. The third kappa shape index (κ3) is 2.62. The highest BCUT2D eigenvalue weighted by molar-refractivity contribution is 5.82. The van der Waals surface area contributed by atoms with Crippen LogP contribution in [0.15, 0.2) is 0 Å². The molecule has 1 aliphatic heterocycles. The zero-order valence-corrected chi connectivity index (χ0v) is 10.6. The fraction of sp³-hybridized carbons (Fsp3) is 0.833. The third-order valence-electron chi connectivity index (χ3n) is 3.77. The van der Waals surface area contributed by atoms with Gasteiger partial charge >= 0.3 is 0 Å². The Morgan fingerprint density at radius 3 is 2.50 bits per heavy atom. The summed E-state index contributed by atoms with van der Waals surface area (Å²) in [5, 5.41) is 5.58. The van der Waals surface area contributed by atoms with Crippen LogP contribution in [-0.2, 0) is 9.59 Å². The van der Waals surface area contributed by atoms with Gasteiger partial charge in [0.2, 0.25) is 17.7 Å². The number of carbonyl (C=O) groups excluding carboxylic acids is 2. The lowest BCUT2D eigenvalue weighted by Crippen LogP contribution is -2.63. The van der Waals surface area contributed by atoms with Crippen molar-refractivity contribution in [2.45, 2.75) is 57.0 Å². The molecule has 0 radical (unpaired) electrons. The first kappa shape index (κ1) is 13.2. The van der Waals surface area contributed by atoms with Gasteiger partial charge in [0, 0.05) is 25.2 Å². The Kier molecular flexibility index (Phi) is 3.07. The maximum Gasteiger partial charge on any atom is 0.249 e. The molecule has 2 amide bonds. The summed E-state index contributed by atoms with van der Waals surface area (Å²) in [4.78, 5) is 23.1. The lowest BCUT2D eigenvalue weighted by Gasteiger charge is -2.41. The van der Waals surface area contributed by atoms with E-state index in [1.54, 1.807) is 0 Å². The van der Waals surface area contributed by atoms with E-state index in [2.05, 4.69) is 10.6 Å². The Morgan fingerprint density at radius 2 is 2.00 bits per heavy atom. The molecule has 2 rings (SSSR count). The van der Waals surface area contributed by atoms with Crippen molar-refractivity contribution < 1.29 is 18.4 Å². The number of nitrogens with one attached hydrogen (secondary N) is 2. The predicted molar refractivity (Wildman–Crippen MR) is 61.1 cm³/mol. The van der Waals surface area contributed by atoms with Gasteiger partial charge < -0.3 is 10.6 Å². The average molecular weight is 260 g/mol. The lowest BCUT2D eigenvalue weighted by atomic mass is 9.79. The number of amides is 2. The Morgan fingerprint density at radius 1 is 1.39 bits per heavy atom. The fourth-order valence-electron chi connectivity index (χ4n) is 2.53. The van der Waals surface area contributed by atoms with Crippen molar-refractivity contribution >= 4 is 11.8 Å². The van der Waals surface area contributed by atoms with Gasteiger partial charge in [0.25, 0.3) is 0 Å². The van der Waals surface area contributed by atoms with Gasteiger partial charge in [-0.3, -0.25) is 9.59 Å². The van der Waals surface area contributed by atoms with E-state index in [1.807, 2.05) is 13.8 Å². The summed E-state index contributed by atoms with van der Waals surface area (Å²) in [6, 6.07) is -0.197. The largest absolute Gasteiger partial charge is 0.351 e. The zero-order chi connectivity index (χ0) is 13.6. The number of rotatable bonds is 2. The summed E-state index contributed by atoms with van der Waals surface area (Å²) in [6.07, 6.45) is 0.180. The molecule has 1 saturated carbocycles. The van der Waals surface area contributed by atoms with Crippen molar-refractivity contribution in [1.29, 1.82) is 0 Å². The number of carbonyl (C=O) groups is 2. The van der Waals surface area contributed by atoms with Crippen LogP contribution in [0.25, 0.3) is 0 Å². The first-order valence-electron chi connectivity index (χ1n) is 6.19. The van der Waals surface area contributed by atoms with Crippen LogP contribution in [0.1, 0.15) is 39.5 Å². The molecule has 6 heteroatoms. The number of hydrogen-bond donors (Lipinski definition) is 2. The monoisotopic (exact) mass is 260 g/mol. The molecule has 0 aromatic heterocycles.